The lowest BCUT2D eigenvalue weighted by Crippen LogP contribution is -2.15. The Hall–Kier alpha value is -3.68. The summed E-state index contributed by atoms with van der Waals surface area (Å²) in [4.78, 5) is 24.4. The van der Waals surface area contributed by atoms with Crippen LogP contribution in [0.4, 0.5) is 0 Å². The Labute approximate surface area is 172 Å². The van der Waals surface area contributed by atoms with Gasteiger partial charge in [-0.3, -0.25) is 4.79 Å². The molecular weight excluding hydrogens is 392 g/mol. The summed E-state index contributed by atoms with van der Waals surface area (Å²) < 4.78 is 32.3. The van der Waals surface area contributed by atoms with E-state index in [0.717, 1.165) is 5.56 Å². The summed E-state index contributed by atoms with van der Waals surface area (Å²) in [6.45, 7) is 1.39. The molecule has 30 heavy (non-hydrogen) atoms. The van der Waals surface area contributed by atoms with E-state index in [1.165, 1.54) is 14.0 Å². The van der Waals surface area contributed by atoms with Crippen molar-refractivity contribution in [1.29, 1.82) is 0 Å². The number of ether oxygens (including phenoxy) is 6. The van der Waals surface area contributed by atoms with E-state index in [9.17, 15) is 9.59 Å². The third kappa shape index (κ3) is 3.52. The molecule has 0 N–H and O–H groups in total. The third-order valence-corrected chi connectivity index (χ3v) is 4.91. The van der Waals surface area contributed by atoms with Gasteiger partial charge < -0.3 is 28.4 Å². The van der Waals surface area contributed by atoms with Crippen LogP contribution in [-0.2, 0) is 19.1 Å². The molecule has 156 valence electrons. The Balaban J connectivity index is 1.94. The summed E-state index contributed by atoms with van der Waals surface area (Å²) in [6.07, 6.45) is 0. The number of cyclic esters (lactones) is 1. The molecule has 0 amide bonds. The van der Waals surface area contributed by atoms with Gasteiger partial charge in [0.1, 0.15) is 23.9 Å². The van der Waals surface area contributed by atoms with Crippen LogP contribution in [-0.4, -0.2) is 39.6 Å². The van der Waals surface area contributed by atoms with Crippen LogP contribution in [0.2, 0.25) is 0 Å². The molecular formula is C22H20O8. The standard InChI is InChI=1S/C22H20O8/c1-12(23)30-16-9-18-17(28-11-29-18)8-15(16)20(13-4-6-14(25-2)7-5-13)21-19(26-3)10-27-22(21)24/h4-9,20H,10-11H2,1-3H3. The fourth-order valence-corrected chi connectivity index (χ4v) is 3.55. The molecule has 1 unspecified atom stereocenters. The van der Waals surface area contributed by atoms with Gasteiger partial charge in [0.25, 0.3) is 0 Å². The van der Waals surface area contributed by atoms with Crippen molar-refractivity contribution in [1.82, 2.24) is 0 Å². The van der Waals surface area contributed by atoms with Crippen molar-refractivity contribution >= 4 is 11.9 Å². The first-order chi connectivity index (χ1) is 14.5. The summed E-state index contributed by atoms with van der Waals surface area (Å²) in [5.74, 6) is 0.645. The van der Waals surface area contributed by atoms with Crippen LogP contribution < -0.4 is 18.9 Å². The van der Waals surface area contributed by atoms with E-state index >= 15 is 0 Å². The average molecular weight is 412 g/mol. The monoisotopic (exact) mass is 412 g/mol. The van der Waals surface area contributed by atoms with Crippen LogP contribution in [0.25, 0.3) is 0 Å². The van der Waals surface area contributed by atoms with Crippen molar-refractivity contribution in [2.24, 2.45) is 0 Å². The molecule has 8 nitrogen and oxygen atoms in total. The van der Waals surface area contributed by atoms with Crippen LogP contribution in [0.3, 0.4) is 0 Å². The summed E-state index contributed by atoms with van der Waals surface area (Å²) >= 11 is 0. The minimum atomic E-state index is -0.635. The molecule has 1 atom stereocenters. The SMILES string of the molecule is COC1=C(C(c2ccc(OC)cc2)c2cc3c(cc2OC(C)=O)OCO3)C(=O)OC1. The van der Waals surface area contributed by atoms with Crippen LogP contribution >= 0.6 is 0 Å². The molecule has 2 aliphatic heterocycles. The van der Waals surface area contributed by atoms with Gasteiger partial charge in [-0.05, 0) is 23.8 Å². The third-order valence-electron chi connectivity index (χ3n) is 4.91. The van der Waals surface area contributed by atoms with Crippen LogP contribution in [0.1, 0.15) is 24.0 Å². The first-order valence-corrected chi connectivity index (χ1v) is 9.22. The minimum Gasteiger partial charge on any atom is -0.497 e. The summed E-state index contributed by atoms with van der Waals surface area (Å²) in [7, 11) is 3.05. The van der Waals surface area contributed by atoms with Crippen LogP contribution in [0, 0.1) is 0 Å². The molecule has 0 radical (unpaired) electrons. The summed E-state index contributed by atoms with van der Waals surface area (Å²) in [5, 5.41) is 0. The second-order valence-corrected chi connectivity index (χ2v) is 6.66. The highest BCUT2D eigenvalue weighted by Gasteiger charge is 2.37. The molecule has 0 aromatic heterocycles. The lowest BCUT2D eigenvalue weighted by atomic mass is 9.83. The van der Waals surface area contributed by atoms with Crippen molar-refractivity contribution in [3.05, 3.63) is 58.9 Å². The molecule has 2 aliphatic rings. The maximum atomic E-state index is 12.7. The maximum absolute atomic E-state index is 12.7. The second-order valence-electron chi connectivity index (χ2n) is 6.66. The van der Waals surface area contributed by atoms with E-state index in [2.05, 4.69) is 0 Å². The first-order valence-electron chi connectivity index (χ1n) is 9.22. The molecule has 2 heterocycles. The zero-order chi connectivity index (χ0) is 21.3. The minimum absolute atomic E-state index is 0.0325. The molecule has 8 heteroatoms. The zero-order valence-corrected chi connectivity index (χ0v) is 16.7. The highest BCUT2D eigenvalue weighted by atomic mass is 16.7. The lowest BCUT2D eigenvalue weighted by Gasteiger charge is -2.22. The van der Waals surface area contributed by atoms with E-state index in [4.69, 9.17) is 28.4 Å². The van der Waals surface area contributed by atoms with Crippen molar-refractivity contribution in [2.45, 2.75) is 12.8 Å². The van der Waals surface area contributed by atoms with Gasteiger partial charge in [0.15, 0.2) is 11.5 Å². The first kappa shape index (κ1) is 19.6. The zero-order valence-electron chi connectivity index (χ0n) is 16.7. The highest BCUT2D eigenvalue weighted by Crippen LogP contribution is 2.46. The number of hydrogen-bond donors (Lipinski definition) is 0. The number of hydrogen-bond acceptors (Lipinski definition) is 8. The van der Waals surface area contributed by atoms with E-state index in [1.807, 2.05) is 12.1 Å². The van der Waals surface area contributed by atoms with Gasteiger partial charge >= 0.3 is 11.9 Å². The van der Waals surface area contributed by atoms with Gasteiger partial charge in [-0.15, -0.1) is 0 Å². The fraction of sp³-hybridized carbons (Fsp3) is 0.273. The maximum Gasteiger partial charge on any atom is 0.338 e. The highest BCUT2D eigenvalue weighted by molar-refractivity contribution is 5.94. The number of carbonyl (C=O) groups excluding carboxylic acids is 2. The van der Waals surface area contributed by atoms with Crippen molar-refractivity contribution in [2.75, 3.05) is 27.6 Å². The quantitative estimate of drug-likeness (QED) is 0.529. The van der Waals surface area contributed by atoms with E-state index in [0.29, 0.717) is 34.1 Å². The van der Waals surface area contributed by atoms with E-state index < -0.39 is 17.9 Å². The lowest BCUT2D eigenvalue weighted by molar-refractivity contribution is -0.136. The molecule has 0 spiro atoms. The average Bonchev–Trinajstić information content (AvgIpc) is 3.34. The second kappa shape index (κ2) is 7.98. The number of methoxy groups -OCH3 is 2. The van der Waals surface area contributed by atoms with Gasteiger partial charge in [-0.1, -0.05) is 12.1 Å². The molecule has 2 aromatic carbocycles. The Morgan fingerprint density at radius 2 is 1.70 bits per heavy atom. The molecule has 0 bridgehead atoms. The molecule has 2 aromatic rings. The Morgan fingerprint density at radius 1 is 1.00 bits per heavy atom. The number of benzene rings is 2. The van der Waals surface area contributed by atoms with E-state index in [-0.39, 0.29) is 19.1 Å². The van der Waals surface area contributed by atoms with Crippen molar-refractivity contribution in [3.8, 4) is 23.0 Å². The number of esters is 2. The summed E-state index contributed by atoms with van der Waals surface area (Å²) in [5.41, 5.74) is 1.63. The number of carbonyl (C=O) groups is 2. The molecule has 0 aliphatic carbocycles. The Morgan fingerprint density at radius 3 is 2.33 bits per heavy atom. The van der Waals surface area contributed by atoms with Crippen molar-refractivity contribution in [3.63, 3.8) is 0 Å². The van der Waals surface area contributed by atoms with Crippen LogP contribution in [0.5, 0.6) is 23.0 Å². The van der Waals surface area contributed by atoms with Crippen molar-refractivity contribution < 1.29 is 38.0 Å². The molecule has 0 fully saturated rings. The van der Waals surface area contributed by atoms with Crippen LogP contribution in [0.15, 0.2) is 47.7 Å². The van der Waals surface area contributed by atoms with E-state index in [1.54, 1.807) is 31.4 Å². The van der Waals surface area contributed by atoms with Gasteiger partial charge in [-0.2, -0.15) is 0 Å². The topological polar surface area (TPSA) is 89.5 Å². The molecule has 0 saturated carbocycles. The van der Waals surface area contributed by atoms with Gasteiger partial charge in [0.2, 0.25) is 6.79 Å². The molecule has 4 rings (SSSR count). The number of rotatable bonds is 6. The van der Waals surface area contributed by atoms with Gasteiger partial charge in [0, 0.05) is 24.5 Å². The van der Waals surface area contributed by atoms with Gasteiger partial charge in [-0.25, -0.2) is 4.79 Å². The summed E-state index contributed by atoms with van der Waals surface area (Å²) in [6, 6.07) is 10.5. The normalized spacial score (nSPS) is 15.6. The Bertz CT molecular complexity index is 1020. The molecule has 0 saturated heterocycles. The fourth-order valence-electron chi connectivity index (χ4n) is 3.55. The number of fused-ring (bicyclic) bond motifs is 1. The smallest absolute Gasteiger partial charge is 0.338 e. The largest absolute Gasteiger partial charge is 0.497 e. The van der Waals surface area contributed by atoms with Gasteiger partial charge in [0.05, 0.1) is 19.8 Å². The predicted octanol–water partition coefficient (Wildman–Crippen LogP) is 2.94. The Kier molecular flexibility index (Phi) is 5.22. The predicted molar refractivity (Wildman–Crippen MR) is 104 cm³/mol.